The normalized spacial score (nSPS) is 12.5. The van der Waals surface area contributed by atoms with E-state index in [0.29, 0.717) is 11.5 Å². The summed E-state index contributed by atoms with van der Waals surface area (Å²) in [4.78, 5) is 0. The lowest BCUT2D eigenvalue weighted by atomic mass is 9.75. The molecule has 0 fully saturated rings. The van der Waals surface area contributed by atoms with Gasteiger partial charge in [-0.25, -0.2) is 0 Å². The van der Waals surface area contributed by atoms with Gasteiger partial charge in [0.05, 0.1) is 0 Å². The van der Waals surface area contributed by atoms with Gasteiger partial charge < -0.3 is 10.2 Å². The van der Waals surface area contributed by atoms with Gasteiger partial charge in [-0.1, -0.05) is 93.7 Å². The van der Waals surface area contributed by atoms with Crippen LogP contribution < -0.4 is 0 Å². The molecule has 0 saturated carbocycles. The molecular formula is C32H50O2. The van der Waals surface area contributed by atoms with E-state index in [1.54, 1.807) is 0 Å². The molecule has 0 bridgehead atoms. The minimum Gasteiger partial charge on any atom is -0.508 e. The number of rotatable bonds is 10. The number of aromatic hydroxyl groups is 2. The summed E-state index contributed by atoms with van der Waals surface area (Å²) in [5.74, 6) is 1.10. The molecule has 34 heavy (non-hydrogen) atoms. The van der Waals surface area contributed by atoms with E-state index in [9.17, 15) is 10.2 Å². The smallest absolute Gasteiger partial charge is 0.119 e. The Morgan fingerprint density at radius 3 is 1.29 bits per heavy atom. The molecule has 0 radical (unpaired) electrons. The average Bonchev–Trinajstić information content (AvgIpc) is 2.73. The van der Waals surface area contributed by atoms with Gasteiger partial charge in [0.2, 0.25) is 0 Å². The lowest BCUT2D eigenvalue weighted by Gasteiger charge is -2.30. The van der Waals surface area contributed by atoms with Gasteiger partial charge in [-0.3, -0.25) is 0 Å². The van der Waals surface area contributed by atoms with Crippen LogP contribution in [0.15, 0.2) is 24.3 Å². The maximum Gasteiger partial charge on any atom is 0.119 e. The molecule has 2 aromatic carbocycles. The number of hydrogen-bond donors (Lipinski definition) is 2. The monoisotopic (exact) mass is 466 g/mol. The third kappa shape index (κ3) is 6.80. The molecule has 0 spiro atoms. The average molecular weight is 467 g/mol. The highest BCUT2D eigenvalue weighted by atomic mass is 16.3. The number of unbranched alkanes of at least 4 members (excludes halogenated alkanes) is 2. The van der Waals surface area contributed by atoms with Gasteiger partial charge >= 0.3 is 0 Å². The van der Waals surface area contributed by atoms with Crippen molar-refractivity contribution in [3.8, 4) is 11.5 Å². The van der Waals surface area contributed by atoms with E-state index in [4.69, 9.17) is 0 Å². The predicted octanol–water partition coefficient (Wildman–Crippen LogP) is 9.31. The molecular weight excluding hydrogens is 416 g/mol. The molecule has 0 atom stereocenters. The number of phenolic OH excluding ortho intramolecular Hbond substituents is 2. The van der Waals surface area contributed by atoms with Crippen molar-refractivity contribution in [2.75, 3.05) is 0 Å². The highest BCUT2D eigenvalue weighted by Gasteiger charge is 2.28. The van der Waals surface area contributed by atoms with Crippen LogP contribution in [-0.4, -0.2) is 10.2 Å². The van der Waals surface area contributed by atoms with Crippen molar-refractivity contribution in [2.45, 2.75) is 130 Å². The Morgan fingerprint density at radius 2 is 1.00 bits per heavy atom. The molecule has 0 aliphatic heterocycles. The van der Waals surface area contributed by atoms with E-state index in [0.717, 1.165) is 62.5 Å². The van der Waals surface area contributed by atoms with E-state index < -0.39 is 0 Å². The zero-order valence-electron chi connectivity index (χ0n) is 23.4. The second-order valence-electron chi connectivity index (χ2n) is 12.2. The van der Waals surface area contributed by atoms with Gasteiger partial charge in [0.1, 0.15) is 11.5 Å². The Hall–Kier alpha value is -1.96. The van der Waals surface area contributed by atoms with Crippen LogP contribution in [0.3, 0.4) is 0 Å². The fourth-order valence-corrected chi connectivity index (χ4v) is 5.08. The first-order valence-corrected chi connectivity index (χ1v) is 13.6. The fraction of sp³-hybridized carbons (Fsp3) is 0.625. The van der Waals surface area contributed by atoms with Gasteiger partial charge in [-0.15, -0.1) is 0 Å². The molecule has 190 valence electrons. The second kappa shape index (κ2) is 11.6. The van der Waals surface area contributed by atoms with E-state index >= 15 is 0 Å². The molecule has 2 N–H and O–H groups in total. The fourth-order valence-electron chi connectivity index (χ4n) is 5.08. The molecule has 0 amide bonds. The van der Waals surface area contributed by atoms with Gasteiger partial charge in [-0.05, 0) is 88.4 Å². The topological polar surface area (TPSA) is 40.5 Å². The maximum absolute atomic E-state index is 11.0. The van der Waals surface area contributed by atoms with Crippen molar-refractivity contribution in [3.63, 3.8) is 0 Å². The van der Waals surface area contributed by atoms with Crippen molar-refractivity contribution in [1.29, 1.82) is 0 Å². The van der Waals surface area contributed by atoms with Crippen molar-refractivity contribution >= 4 is 0 Å². The number of aryl methyl sites for hydroxylation is 2. The quantitative estimate of drug-likeness (QED) is 0.366. The van der Waals surface area contributed by atoms with Gasteiger partial charge in [0.25, 0.3) is 0 Å². The summed E-state index contributed by atoms with van der Waals surface area (Å²) in [7, 11) is 0. The zero-order chi connectivity index (χ0) is 25.7. The van der Waals surface area contributed by atoms with Crippen molar-refractivity contribution in [3.05, 3.63) is 57.6 Å². The minimum absolute atomic E-state index is 0.130. The van der Waals surface area contributed by atoms with Crippen LogP contribution >= 0.6 is 0 Å². The molecule has 0 aliphatic carbocycles. The zero-order valence-corrected chi connectivity index (χ0v) is 23.4. The molecule has 0 saturated heterocycles. The standard InChI is InChI=1S/C32H50O2/c1-10-13-16-22-18-29(33)27(31(4,5)6)20-25(22)24(15-12-3)26-21-28(32(7,8)9)30(34)19-23(26)17-14-11-2/h18-21,24,33-34H,10-17H2,1-9H3. The molecule has 2 nitrogen and oxygen atoms in total. The Bertz CT molecular complexity index is 865. The van der Waals surface area contributed by atoms with Crippen molar-refractivity contribution < 1.29 is 10.2 Å². The summed E-state index contributed by atoms with van der Waals surface area (Å²) in [5, 5.41) is 21.9. The van der Waals surface area contributed by atoms with Crippen LogP contribution in [0.25, 0.3) is 0 Å². The van der Waals surface area contributed by atoms with Crippen LogP contribution in [0.1, 0.15) is 140 Å². The number of hydrogen-bond acceptors (Lipinski definition) is 2. The summed E-state index contributed by atoms with van der Waals surface area (Å²) >= 11 is 0. The van der Waals surface area contributed by atoms with E-state index in [2.05, 4.69) is 74.4 Å². The van der Waals surface area contributed by atoms with Crippen LogP contribution in [0, 0.1) is 0 Å². The maximum atomic E-state index is 11.0. The lowest BCUT2D eigenvalue weighted by Crippen LogP contribution is -2.17. The van der Waals surface area contributed by atoms with Gasteiger partial charge in [-0.2, -0.15) is 0 Å². The third-order valence-corrected chi connectivity index (χ3v) is 7.06. The summed E-state index contributed by atoms with van der Waals surface area (Å²) in [6.07, 6.45) is 8.61. The van der Waals surface area contributed by atoms with Crippen LogP contribution in [0.5, 0.6) is 11.5 Å². The Labute approximate surface area is 209 Å². The van der Waals surface area contributed by atoms with Crippen molar-refractivity contribution in [1.82, 2.24) is 0 Å². The second-order valence-corrected chi connectivity index (χ2v) is 12.2. The molecule has 0 heterocycles. The molecule has 0 unspecified atom stereocenters. The molecule has 0 aromatic heterocycles. The first-order valence-electron chi connectivity index (χ1n) is 13.6. The molecule has 0 aliphatic rings. The molecule has 2 heteroatoms. The van der Waals surface area contributed by atoms with Crippen molar-refractivity contribution in [2.24, 2.45) is 0 Å². The van der Waals surface area contributed by atoms with Crippen LogP contribution in [0.4, 0.5) is 0 Å². The van der Waals surface area contributed by atoms with Gasteiger partial charge in [0.15, 0.2) is 0 Å². The van der Waals surface area contributed by atoms with E-state index in [-0.39, 0.29) is 16.7 Å². The summed E-state index contributed by atoms with van der Waals surface area (Å²) in [6, 6.07) is 8.69. The minimum atomic E-state index is -0.130. The van der Waals surface area contributed by atoms with Crippen LogP contribution in [-0.2, 0) is 23.7 Å². The third-order valence-electron chi connectivity index (χ3n) is 7.06. The number of benzene rings is 2. The lowest BCUT2D eigenvalue weighted by molar-refractivity contribution is 0.444. The highest BCUT2D eigenvalue weighted by Crippen LogP contribution is 2.43. The first-order chi connectivity index (χ1) is 15.8. The van der Waals surface area contributed by atoms with E-state index in [1.165, 1.54) is 22.3 Å². The largest absolute Gasteiger partial charge is 0.508 e. The Balaban J connectivity index is 2.85. The predicted molar refractivity (Wildman–Crippen MR) is 148 cm³/mol. The first kappa shape index (κ1) is 28.3. The SMILES string of the molecule is CCCCc1cc(O)c(C(C)(C)C)cc1C(CCC)c1cc(C(C)(C)C)c(O)cc1CCCC. The van der Waals surface area contributed by atoms with Crippen LogP contribution in [0.2, 0.25) is 0 Å². The summed E-state index contributed by atoms with van der Waals surface area (Å²) in [5.41, 5.74) is 7.06. The molecule has 2 aromatic rings. The number of phenols is 2. The summed E-state index contributed by atoms with van der Waals surface area (Å²) < 4.78 is 0. The highest BCUT2D eigenvalue weighted by molar-refractivity contribution is 5.53. The van der Waals surface area contributed by atoms with Gasteiger partial charge in [0, 0.05) is 5.92 Å². The molecule has 2 rings (SSSR count). The Kier molecular flexibility index (Phi) is 9.69. The van der Waals surface area contributed by atoms with E-state index in [1.807, 2.05) is 12.1 Å². The summed E-state index contributed by atoms with van der Waals surface area (Å²) in [6.45, 7) is 19.8. The Morgan fingerprint density at radius 1 is 0.618 bits per heavy atom.